The van der Waals surface area contributed by atoms with E-state index in [2.05, 4.69) is 15.3 Å². The molecule has 2 aromatic carbocycles. The number of nitrogens with zero attached hydrogens (tertiary/aromatic N) is 1. The minimum absolute atomic E-state index is 0.0993. The number of aromatic nitrogens is 2. The zero-order valence-corrected chi connectivity index (χ0v) is 15.1. The van der Waals surface area contributed by atoms with Crippen molar-refractivity contribution in [2.24, 2.45) is 0 Å². The van der Waals surface area contributed by atoms with Gasteiger partial charge in [-0.3, -0.25) is 4.79 Å². The van der Waals surface area contributed by atoms with Crippen LogP contribution in [-0.2, 0) is 6.42 Å². The number of H-pyrrole nitrogens is 1. The summed E-state index contributed by atoms with van der Waals surface area (Å²) in [5.74, 6) is -1.50. The van der Waals surface area contributed by atoms with Crippen molar-refractivity contribution in [1.82, 2.24) is 15.3 Å². The minimum atomic E-state index is -0.803. The van der Waals surface area contributed by atoms with Crippen molar-refractivity contribution in [3.8, 4) is 22.9 Å². The molecular weight excluding hydrogens is 376 g/mol. The van der Waals surface area contributed by atoms with Gasteiger partial charge in [-0.05, 0) is 24.3 Å². The van der Waals surface area contributed by atoms with E-state index in [9.17, 15) is 13.6 Å². The number of carbonyl (C=O) groups excluding carboxylic acids is 1. The highest BCUT2D eigenvalue weighted by atomic mass is 19.1. The lowest BCUT2D eigenvalue weighted by atomic mass is 10.1. The van der Waals surface area contributed by atoms with Gasteiger partial charge in [0.1, 0.15) is 5.82 Å². The van der Waals surface area contributed by atoms with Crippen LogP contribution in [0, 0.1) is 11.6 Å². The second kappa shape index (κ2) is 6.70. The smallest absolute Gasteiger partial charge is 0.253 e. The molecule has 0 saturated heterocycles. The molecule has 0 saturated carbocycles. The first-order valence-electron chi connectivity index (χ1n) is 9.11. The molecule has 1 amide bonds. The topological polar surface area (TPSA) is 67.0 Å². The van der Waals surface area contributed by atoms with Crippen LogP contribution in [0.4, 0.5) is 8.78 Å². The zero-order chi connectivity index (χ0) is 20.0. The third kappa shape index (κ3) is 3.10. The lowest BCUT2D eigenvalue weighted by Gasteiger charge is -2.11. The molecule has 3 heterocycles. The van der Waals surface area contributed by atoms with Gasteiger partial charge >= 0.3 is 0 Å². The van der Waals surface area contributed by atoms with E-state index in [-0.39, 0.29) is 17.5 Å². The Bertz CT molecular complexity index is 1270. The highest BCUT2D eigenvalue weighted by molar-refractivity contribution is 6.00. The quantitative estimate of drug-likeness (QED) is 0.537. The number of hydrogen-bond acceptors (Lipinski definition) is 3. The largest absolute Gasteiger partial charge is 0.436 e. The summed E-state index contributed by atoms with van der Waals surface area (Å²) >= 11 is 0. The monoisotopic (exact) mass is 391 g/mol. The molecule has 2 aromatic heterocycles. The van der Waals surface area contributed by atoms with E-state index in [0.717, 1.165) is 40.9 Å². The first kappa shape index (κ1) is 17.4. The number of nitrogens with one attached hydrogen (secondary N) is 2. The van der Waals surface area contributed by atoms with Gasteiger partial charge < -0.3 is 15.0 Å². The van der Waals surface area contributed by atoms with Crippen molar-refractivity contribution in [3.05, 3.63) is 77.5 Å². The van der Waals surface area contributed by atoms with Gasteiger partial charge in [0.25, 0.3) is 5.91 Å². The highest BCUT2D eigenvalue weighted by Crippen LogP contribution is 2.32. The molecule has 0 unspecified atom stereocenters. The average Bonchev–Trinajstić information content (AvgIpc) is 3.15. The minimum Gasteiger partial charge on any atom is -0.436 e. The SMILES string of the molecule is O=C1NCCc2[nH]c(-c3cccc4ccc(Oc5ccc(F)cc5F)nc34)cc21. The Balaban J connectivity index is 1.58. The van der Waals surface area contributed by atoms with E-state index in [0.29, 0.717) is 17.6 Å². The van der Waals surface area contributed by atoms with E-state index in [4.69, 9.17) is 4.74 Å². The van der Waals surface area contributed by atoms with Crippen LogP contribution < -0.4 is 10.1 Å². The Morgan fingerprint density at radius 3 is 2.72 bits per heavy atom. The number of hydrogen-bond donors (Lipinski definition) is 2. The normalized spacial score (nSPS) is 13.2. The second-order valence-electron chi connectivity index (χ2n) is 6.78. The fourth-order valence-corrected chi connectivity index (χ4v) is 3.51. The molecular formula is C22H15F2N3O2. The van der Waals surface area contributed by atoms with Crippen LogP contribution in [-0.4, -0.2) is 22.4 Å². The standard InChI is InChI=1S/C22H15F2N3O2/c23-13-5-6-19(16(24)10-13)29-20-7-4-12-2-1-3-14(21(12)27-20)18-11-15-17(26-18)8-9-25-22(15)28/h1-7,10-11,26H,8-9H2,(H,25,28). The van der Waals surface area contributed by atoms with Crippen LogP contribution in [0.2, 0.25) is 0 Å². The van der Waals surface area contributed by atoms with Crippen molar-refractivity contribution in [1.29, 1.82) is 0 Å². The molecule has 5 nitrogen and oxygen atoms in total. The summed E-state index contributed by atoms with van der Waals surface area (Å²) in [4.78, 5) is 19.9. The van der Waals surface area contributed by atoms with Crippen LogP contribution in [0.25, 0.3) is 22.2 Å². The van der Waals surface area contributed by atoms with Crippen LogP contribution in [0.1, 0.15) is 16.1 Å². The molecule has 0 spiro atoms. The molecule has 5 rings (SSSR count). The summed E-state index contributed by atoms with van der Waals surface area (Å²) in [5.41, 5.74) is 3.74. The number of amides is 1. The molecule has 1 aliphatic rings. The summed E-state index contributed by atoms with van der Waals surface area (Å²) < 4.78 is 32.6. The molecule has 144 valence electrons. The Morgan fingerprint density at radius 1 is 1.00 bits per heavy atom. The molecule has 1 aliphatic heterocycles. The van der Waals surface area contributed by atoms with Gasteiger partial charge in [0.15, 0.2) is 11.6 Å². The van der Waals surface area contributed by atoms with Crippen LogP contribution in [0.15, 0.2) is 54.6 Å². The van der Waals surface area contributed by atoms with Crippen LogP contribution in [0.3, 0.4) is 0 Å². The Kier molecular flexibility index (Phi) is 4.01. The Morgan fingerprint density at radius 2 is 1.90 bits per heavy atom. The summed E-state index contributed by atoms with van der Waals surface area (Å²) in [6, 6.07) is 14.1. The second-order valence-corrected chi connectivity index (χ2v) is 6.78. The highest BCUT2D eigenvalue weighted by Gasteiger charge is 2.21. The molecule has 29 heavy (non-hydrogen) atoms. The number of aromatic amines is 1. The van der Waals surface area contributed by atoms with Crippen molar-refractivity contribution in [3.63, 3.8) is 0 Å². The summed E-state index contributed by atoms with van der Waals surface area (Å²) in [6.07, 6.45) is 0.734. The van der Waals surface area contributed by atoms with Gasteiger partial charge in [0, 0.05) is 47.4 Å². The number of carbonyl (C=O) groups is 1. The molecule has 0 radical (unpaired) electrons. The maximum Gasteiger partial charge on any atom is 0.253 e. The van der Waals surface area contributed by atoms with Gasteiger partial charge in [0.2, 0.25) is 5.88 Å². The van der Waals surface area contributed by atoms with Gasteiger partial charge in [-0.1, -0.05) is 18.2 Å². The predicted molar refractivity (Wildman–Crippen MR) is 104 cm³/mol. The molecule has 7 heteroatoms. The summed E-state index contributed by atoms with van der Waals surface area (Å²) in [7, 11) is 0. The van der Waals surface area contributed by atoms with Gasteiger partial charge in [0.05, 0.1) is 11.1 Å². The predicted octanol–water partition coefficient (Wildman–Crippen LogP) is 4.59. The number of para-hydroxylation sites is 1. The van der Waals surface area contributed by atoms with Gasteiger partial charge in [-0.2, -0.15) is 0 Å². The molecule has 0 atom stereocenters. The summed E-state index contributed by atoms with van der Waals surface area (Å²) in [5, 5.41) is 3.70. The lowest BCUT2D eigenvalue weighted by molar-refractivity contribution is 0.0946. The third-order valence-corrected chi connectivity index (χ3v) is 4.90. The van der Waals surface area contributed by atoms with Crippen LogP contribution in [0.5, 0.6) is 11.6 Å². The summed E-state index contributed by atoms with van der Waals surface area (Å²) in [6.45, 7) is 0.598. The average molecular weight is 391 g/mol. The number of ether oxygens (including phenoxy) is 1. The molecule has 4 aromatic rings. The maximum atomic E-state index is 13.9. The first-order chi connectivity index (χ1) is 14.1. The Hall–Kier alpha value is -3.74. The fourth-order valence-electron chi connectivity index (χ4n) is 3.51. The van der Waals surface area contributed by atoms with Crippen molar-refractivity contribution < 1.29 is 18.3 Å². The van der Waals surface area contributed by atoms with E-state index >= 15 is 0 Å². The van der Waals surface area contributed by atoms with Gasteiger partial charge in [-0.25, -0.2) is 13.8 Å². The lowest BCUT2D eigenvalue weighted by Crippen LogP contribution is -2.31. The van der Waals surface area contributed by atoms with Crippen molar-refractivity contribution >= 4 is 16.8 Å². The number of halogens is 2. The third-order valence-electron chi connectivity index (χ3n) is 4.90. The molecule has 0 bridgehead atoms. The molecule has 0 fully saturated rings. The molecule has 2 N–H and O–H groups in total. The Labute approximate surface area is 164 Å². The fraction of sp³-hybridized carbons (Fsp3) is 0.0909. The zero-order valence-electron chi connectivity index (χ0n) is 15.1. The number of pyridine rings is 1. The van der Waals surface area contributed by atoms with E-state index in [1.807, 2.05) is 30.3 Å². The maximum absolute atomic E-state index is 13.9. The number of fused-ring (bicyclic) bond motifs is 2. The van der Waals surface area contributed by atoms with E-state index in [1.165, 1.54) is 6.07 Å². The first-order valence-corrected chi connectivity index (χ1v) is 9.11. The molecule has 0 aliphatic carbocycles. The van der Waals surface area contributed by atoms with Gasteiger partial charge in [-0.15, -0.1) is 0 Å². The van der Waals surface area contributed by atoms with E-state index < -0.39 is 11.6 Å². The van der Waals surface area contributed by atoms with Crippen LogP contribution >= 0.6 is 0 Å². The van der Waals surface area contributed by atoms with E-state index in [1.54, 1.807) is 6.07 Å². The van der Waals surface area contributed by atoms with Crippen molar-refractivity contribution in [2.45, 2.75) is 6.42 Å². The number of benzene rings is 2. The van der Waals surface area contributed by atoms with Crippen molar-refractivity contribution in [2.75, 3.05) is 6.54 Å². The number of rotatable bonds is 3.